The molecule has 1 heterocycles. The van der Waals surface area contributed by atoms with Gasteiger partial charge in [-0.15, -0.1) is 0 Å². The fourth-order valence-electron chi connectivity index (χ4n) is 1.49. The van der Waals surface area contributed by atoms with E-state index in [1.807, 2.05) is 28.9 Å². The van der Waals surface area contributed by atoms with Crippen molar-refractivity contribution < 1.29 is 0 Å². The first-order chi connectivity index (χ1) is 6.92. The van der Waals surface area contributed by atoms with Crippen LogP contribution in [-0.2, 0) is 6.54 Å². The molecule has 1 aromatic carbocycles. The van der Waals surface area contributed by atoms with Crippen LogP contribution in [0.2, 0.25) is 0 Å². The Morgan fingerprint density at radius 3 is 2.64 bits per heavy atom. The summed E-state index contributed by atoms with van der Waals surface area (Å²) in [7, 11) is 0. The van der Waals surface area contributed by atoms with Gasteiger partial charge in [-0.1, -0.05) is 30.3 Å². The van der Waals surface area contributed by atoms with E-state index in [4.69, 9.17) is 5.73 Å². The average molecular weight is 187 g/mol. The number of aromatic nitrogens is 2. The molecule has 14 heavy (non-hydrogen) atoms. The largest absolute Gasteiger partial charge is 0.329 e. The van der Waals surface area contributed by atoms with E-state index in [9.17, 15) is 0 Å². The van der Waals surface area contributed by atoms with Crippen LogP contribution in [0.15, 0.2) is 42.6 Å². The Kier molecular flexibility index (Phi) is 2.60. The van der Waals surface area contributed by atoms with E-state index in [2.05, 4.69) is 17.2 Å². The second-order valence-electron chi connectivity index (χ2n) is 3.09. The van der Waals surface area contributed by atoms with Gasteiger partial charge in [0.2, 0.25) is 0 Å². The fraction of sp³-hybridized carbons (Fsp3) is 0.182. The van der Waals surface area contributed by atoms with E-state index in [0.29, 0.717) is 6.54 Å². The minimum Gasteiger partial charge on any atom is -0.329 e. The Labute approximate surface area is 83.2 Å². The molecule has 0 spiro atoms. The highest BCUT2D eigenvalue weighted by atomic mass is 15.3. The molecule has 2 aromatic rings. The molecule has 0 amide bonds. The minimum atomic E-state index is 0.613. The molecule has 0 radical (unpaired) electrons. The molecule has 0 fully saturated rings. The molecule has 0 saturated carbocycles. The highest BCUT2D eigenvalue weighted by molar-refractivity contribution is 5.58. The summed E-state index contributed by atoms with van der Waals surface area (Å²) in [5, 5.41) is 4.22. The quantitative estimate of drug-likeness (QED) is 0.791. The van der Waals surface area contributed by atoms with E-state index >= 15 is 0 Å². The maximum atomic E-state index is 5.51. The molecule has 2 rings (SSSR count). The lowest BCUT2D eigenvalue weighted by atomic mass is 10.1. The molecule has 2 N–H and O–H groups in total. The van der Waals surface area contributed by atoms with Gasteiger partial charge in [0.05, 0.1) is 12.2 Å². The Morgan fingerprint density at radius 2 is 1.93 bits per heavy atom. The molecule has 3 heteroatoms. The van der Waals surface area contributed by atoms with E-state index in [1.54, 1.807) is 6.20 Å². The normalized spacial score (nSPS) is 10.4. The minimum absolute atomic E-state index is 0.613. The van der Waals surface area contributed by atoms with Crippen LogP contribution in [0.4, 0.5) is 0 Å². The van der Waals surface area contributed by atoms with Crippen LogP contribution in [0.5, 0.6) is 0 Å². The van der Waals surface area contributed by atoms with Crippen molar-refractivity contribution in [3.63, 3.8) is 0 Å². The van der Waals surface area contributed by atoms with Crippen LogP contribution in [-0.4, -0.2) is 16.3 Å². The maximum Gasteiger partial charge on any atom is 0.0682 e. The molecule has 0 bridgehead atoms. The SMILES string of the molecule is NCCn1nccc1-c1ccccc1. The number of nitrogens with zero attached hydrogens (tertiary/aromatic N) is 2. The zero-order valence-electron chi connectivity index (χ0n) is 7.93. The maximum absolute atomic E-state index is 5.51. The zero-order valence-corrected chi connectivity index (χ0v) is 7.93. The van der Waals surface area contributed by atoms with Gasteiger partial charge in [-0.05, 0) is 11.6 Å². The smallest absolute Gasteiger partial charge is 0.0682 e. The predicted molar refractivity (Wildman–Crippen MR) is 56.7 cm³/mol. The molecule has 0 saturated heterocycles. The van der Waals surface area contributed by atoms with Crippen molar-refractivity contribution in [2.24, 2.45) is 5.73 Å². The predicted octanol–water partition coefficient (Wildman–Crippen LogP) is 1.51. The van der Waals surface area contributed by atoms with Gasteiger partial charge in [-0.25, -0.2) is 0 Å². The van der Waals surface area contributed by atoms with Gasteiger partial charge in [0.1, 0.15) is 0 Å². The number of rotatable bonds is 3. The monoisotopic (exact) mass is 187 g/mol. The highest BCUT2D eigenvalue weighted by Gasteiger charge is 2.02. The Hall–Kier alpha value is -1.61. The van der Waals surface area contributed by atoms with Crippen LogP contribution in [0.25, 0.3) is 11.3 Å². The molecule has 72 valence electrons. The standard InChI is InChI=1S/C11H13N3/c12-7-9-14-11(6-8-13-14)10-4-2-1-3-5-10/h1-6,8H,7,9,12H2. The van der Waals surface area contributed by atoms with Crippen molar-refractivity contribution in [3.05, 3.63) is 42.6 Å². The summed E-state index contributed by atoms with van der Waals surface area (Å²) in [6, 6.07) is 12.2. The van der Waals surface area contributed by atoms with Crippen LogP contribution in [0, 0.1) is 0 Å². The summed E-state index contributed by atoms with van der Waals surface area (Å²) in [5.41, 5.74) is 7.81. The Bertz CT molecular complexity index is 392. The zero-order chi connectivity index (χ0) is 9.80. The van der Waals surface area contributed by atoms with Gasteiger partial charge in [0.25, 0.3) is 0 Å². The van der Waals surface area contributed by atoms with Crippen molar-refractivity contribution in [3.8, 4) is 11.3 Å². The Morgan fingerprint density at radius 1 is 1.14 bits per heavy atom. The first-order valence-corrected chi connectivity index (χ1v) is 4.69. The van der Waals surface area contributed by atoms with E-state index in [1.165, 1.54) is 5.56 Å². The second-order valence-corrected chi connectivity index (χ2v) is 3.09. The third-order valence-corrected chi connectivity index (χ3v) is 2.13. The van der Waals surface area contributed by atoms with E-state index < -0.39 is 0 Å². The summed E-state index contributed by atoms with van der Waals surface area (Å²) in [5.74, 6) is 0. The number of hydrogen-bond donors (Lipinski definition) is 1. The number of benzene rings is 1. The lowest BCUT2D eigenvalue weighted by molar-refractivity contribution is 0.631. The number of nitrogens with two attached hydrogens (primary N) is 1. The van der Waals surface area contributed by atoms with Crippen molar-refractivity contribution >= 4 is 0 Å². The lowest BCUT2D eigenvalue weighted by Gasteiger charge is -2.05. The van der Waals surface area contributed by atoms with Crippen molar-refractivity contribution in [1.29, 1.82) is 0 Å². The van der Waals surface area contributed by atoms with E-state index in [-0.39, 0.29) is 0 Å². The molecule has 0 aliphatic heterocycles. The van der Waals surface area contributed by atoms with Crippen LogP contribution in [0.3, 0.4) is 0 Å². The van der Waals surface area contributed by atoms with Gasteiger partial charge in [-0.3, -0.25) is 4.68 Å². The fourth-order valence-corrected chi connectivity index (χ4v) is 1.49. The van der Waals surface area contributed by atoms with Crippen LogP contribution in [0.1, 0.15) is 0 Å². The molecule has 0 aliphatic rings. The summed E-state index contributed by atoms with van der Waals surface area (Å²) < 4.78 is 1.93. The van der Waals surface area contributed by atoms with Crippen molar-refractivity contribution in [2.75, 3.05) is 6.54 Å². The average Bonchev–Trinajstić information content (AvgIpc) is 2.68. The third-order valence-electron chi connectivity index (χ3n) is 2.13. The number of hydrogen-bond acceptors (Lipinski definition) is 2. The topological polar surface area (TPSA) is 43.8 Å². The molecule has 1 aromatic heterocycles. The summed E-state index contributed by atoms with van der Waals surface area (Å²) in [6.45, 7) is 1.37. The lowest BCUT2D eigenvalue weighted by Crippen LogP contribution is -2.11. The van der Waals surface area contributed by atoms with Gasteiger partial charge in [0, 0.05) is 12.7 Å². The van der Waals surface area contributed by atoms with Gasteiger partial charge >= 0.3 is 0 Å². The van der Waals surface area contributed by atoms with Gasteiger partial charge < -0.3 is 5.73 Å². The van der Waals surface area contributed by atoms with Gasteiger partial charge in [0.15, 0.2) is 0 Å². The molecular weight excluding hydrogens is 174 g/mol. The summed E-state index contributed by atoms with van der Waals surface area (Å²) >= 11 is 0. The third kappa shape index (κ3) is 1.67. The molecule has 0 unspecified atom stereocenters. The molecule has 0 atom stereocenters. The molecular formula is C11H13N3. The Balaban J connectivity index is 2.37. The van der Waals surface area contributed by atoms with Crippen molar-refractivity contribution in [1.82, 2.24) is 9.78 Å². The summed E-state index contributed by atoms with van der Waals surface area (Å²) in [6.07, 6.45) is 1.80. The second kappa shape index (κ2) is 4.07. The van der Waals surface area contributed by atoms with Crippen molar-refractivity contribution in [2.45, 2.75) is 6.54 Å². The van der Waals surface area contributed by atoms with Gasteiger partial charge in [-0.2, -0.15) is 5.10 Å². The van der Waals surface area contributed by atoms with Crippen LogP contribution >= 0.6 is 0 Å². The summed E-state index contributed by atoms with van der Waals surface area (Å²) in [4.78, 5) is 0. The van der Waals surface area contributed by atoms with E-state index in [0.717, 1.165) is 12.2 Å². The molecule has 3 nitrogen and oxygen atoms in total. The highest BCUT2D eigenvalue weighted by Crippen LogP contribution is 2.17. The molecule has 0 aliphatic carbocycles. The first kappa shape index (κ1) is 8.97. The first-order valence-electron chi connectivity index (χ1n) is 4.69. The van der Waals surface area contributed by atoms with Crippen LogP contribution < -0.4 is 5.73 Å².